The van der Waals surface area contributed by atoms with Crippen LogP contribution in [-0.4, -0.2) is 43.8 Å². The van der Waals surface area contributed by atoms with Crippen LogP contribution in [0.5, 0.6) is 0 Å². The molecule has 0 radical (unpaired) electrons. The van der Waals surface area contributed by atoms with Crippen molar-refractivity contribution in [1.29, 1.82) is 0 Å². The minimum Gasteiger partial charge on any atom is -0.340 e. The van der Waals surface area contributed by atoms with Gasteiger partial charge in [0, 0.05) is 26.3 Å². The third-order valence-electron chi connectivity index (χ3n) is 4.91. The number of aryl methyl sites for hydroxylation is 2. The minimum atomic E-state index is -0.498. The summed E-state index contributed by atoms with van der Waals surface area (Å²) in [6, 6.07) is 9.33. The molecule has 1 N–H and O–H groups in total. The number of pyridine rings is 1. The van der Waals surface area contributed by atoms with Crippen LogP contribution in [0, 0.1) is 6.92 Å². The zero-order valence-electron chi connectivity index (χ0n) is 15.3. The number of fused-ring (bicyclic) bond motifs is 1. The first-order chi connectivity index (χ1) is 13.0. The molecule has 3 heterocycles. The van der Waals surface area contributed by atoms with Gasteiger partial charge in [0.2, 0.25) is 5.91 Å². The summed E-state index contributed by atoms with van der Waals surface area (Å²) in [5, 5.41) is 2.84. The van der Waals surface area contributed by atoms with E-state index in [9.17, 15) is 9.59 Å². The highest BCUT2D eigenvalue weighted by molar-refractivity contribution is 5.99. The number of hydrogen-bond acceptors (Lipinski definition) is 4. The largest absolute Gasteiger partial charge is 0.340 e. The van der Waals surface area contributed by atoms with Crippen LogP contribution in [0.25, 0.3) is 11.2 Å². The molecule has 1 aliphatic heterocycles. The Morgan fingerprint density at radius 2 is 2.04 bits per heavy atom. The van der Waals surface area contributed by atoms with Gasteiger partial charge in [-0.3, -0.25) is 9.59 Å². The number of benzene rings is 1. The maximum Gasteiger partial charge on any atom is 0.253 e. The first-order valence-electron chi connectivity index (χ1n) is 8.93. The quantitative estimate of drug-likeness (QED) is 0.767. The van der Waals surface area contributed by atoms with Crippen LogP contribution in [-0.2, 0) is 18.4 Å². The topological polar surface area (TPSA) is 80.1 Å². The summed E-state index contributed by atoms with van der Waals surface area (Å²) in [7, 11) is 1.85. The predicted molar refractivity (Wildman–Crippen MR) is 101 cm³/mol. The number of amides is 2. The summed E-state index contributed by atoms with van der Waals surface area (Å²) in [6.07, 6.45) is 3.78. The van der Waals surface area contributed by atoms with Gasteiger partial charge in [-0.2, -0.15) is 0 Å². The fourth-order valence-electron chi connectivity index (χ4n) is 3.33. The Morgan fingerprint density at radius 1 is 1.26 bits per heavy atom. The average molecular weight is 363 g/mol. The SMILES string of the molecule is Cc1ccc(CN2CC[C@@H](NC(=O)c3cnc4c(c3)ncn4C)C2=O)cc1. The van der Waals surface area contributed by atoms with Gasteiger partial charge in [-0.25, -0.2) is 9.97 Å². The molecule has 2 amide bonds. The van der Waals surface area contributed by atoms with Crippen molar-refractivity contribution in [3.63, 3.8) is 0 Å². The van der Waals surface area contributed by atoms with E-state index in [0.717, 1.165) is 5.56 Å². The summed E-state index contributed by atoms with van der Waals surface area (Å²) in [4.78, 5) is 35.5. The van der Waals surface area contributed by atoms with Gasteiger partial charge in [0.25, 0.3) is 5.91 Å². The van der Waals surface area contributed by atoms with E-state index in [-0.39, 0.29) is 11.8 Å². The Balaban J connectivity index is 1.42. The average Bonchev–Trinajstić information content (AvgIpc) is 3.20. The highest BCUT2D eigenvalue weighted by Crippen LogP contribution is 2.17. The van der Waals surface area contributed by atoms with E-state index in [1.807, 2.05) is 38.2 Å². The van der Waals surface area contributed by atoms with E-state index >= 15 is 0 Å². The molecule has 1 aliphatic rings. The molecular formula is C20H21N5O2. The molecule has 2 aromatic heterocycles. The second-order valence-corrected chi connectivity index (χ2v) is 6.98. The molecule has 138 valence electrons. The molecule has 3 aromatic rings. The summed E-state index contributed by atoms with van der Waals surface area (Å²) in [5.74, 6) is -0.346. The first kappa shape index (κ1) is 17.2. The molecule has 0 bridgehead atoms. The lowest BCUT2D eigenvalue weighted by molar-refractivity contribution is -0.129. The maximum atomic E-state index is 12.6. The van der Waals surface area contributed by atoms with Gasteiger partial charge in [0.15, 0.2) is 5.65 Å². The third-order valence-corrected chi connectivity index (χ3v) is 4.91. The Morgan fingerprint density at radius 3 is 2.81 bits per heavy atom. The molecular weight excluding hydrogens is 342 g/mol. The number of likely N-dealkylation sites (tertiary alicyclic amines) is 1. The second-order valence-electron chi connectivity index (χ2n) is 6.98. The fourth-order valence-corrected chi connectivity index (χ4v) is 3.33. The van der Waals surface area contributed by atoms with Crippen molar-refractivity contribution in [2.75, 3.05) is 6.54 Å². The molecule has 1 saturated heterocycles. The normalized spacial score (nSPS) is 16.9. The Bertz CT molecular complexity index is 1010. The molecule has 1 atom stereocenters. The minimum absolute atomic E-state index is 0.0456. The zero-order valence-corrected chi connectivity index (χ0v) is 15.3. The first-order valence-corrected chi connectivity index (χ1v) is 8.93. The lowest BCUT2D eigenvalue weighted by Crippen LogP contribution is -2.41. The van der Waals surface area contributed by atoms with Crippen molar-refractivity contribution in [1.82, 2.24) is 24.8 Å². The van der Waals surface area contributed by atoms with Crippen molar-refractivity contribution in [2.45, 2.75) is 25.9 Å². The van der Waals surface area contributed by atoms with E-state index in [1.54, 1.807) is 21.9 Å². The number of rotatable bonds is 4. The van der Waals surface area contributed by atoms with Gasteiger partial charge in [0.05, 0.1) is 11.9 Å². The molecule has 4 rings (SSSR count). The monoisotopic (exact) mass is 363 g/mol. The van der Waals surface area contributed by atoms with Gasteiger partial charge in [-0.05, 0) is 25.0 Å². The molecule has 0 aliphatic carbocycles. The number of nitrogens with zero attached hydrogens (tertiary/aromatic N) is 4. The molecule has 1 aromatic carbocycles. The lowest BCUT2D eigenvalue weighted by Gasteiger charge is -2.17. The number of hydrogen-bond donors (Lipinski definition) is 1. The van der Waals surface area contributed by atoms with E-state index in [4.69, 9.17) is 0 Å². The smallest absolute Gasteiger partial charge is 0.253 e. The van der Waals surface area contributed by atoms with E-state index in [2.05, 4.69) is 15.3 Å². The van der Waals surface area contributed by atoms with Crippen LogP contribution in [0.4, 0.5) is 0 Å². The Hall–Kier alpha value is -3.22. The van der Waals surface area contributed by atoms with Gasteiger partial charge in [-0.15, -0.1) is 0 Å². The molecule has 7 heteroatoms. The van der Waals surface area contributed by atoms with Crippen LogP contribution in [0.1, 0.15) is 27.9 Å². The summed E-state index contributed by atoms with van der Waals surface area (Å²) in [6.45, 7) is 3.23. The van der Waals surface area contributed by atoms with Gasteiger partial charge < -0.3 is 14.8 Å². The molecule has 1 fully saturated rings. The maximum absolute atomic E-state index is 12.6. The number of carbonyl (C=O) groups excluding carboxylic acids is 2. The van der Waals surface area contributed by atoms with Crippen LogP contribution in [0.2, 0.25) is 0 Å². The molecule has 0 saturated carbocycles. The van der Waals surface area contributed by atoms with Crippen LogP contribution >= 0.6 is 0 Å². The van der Waals surface area contributed by atoms with Crippen molar-refractivity contribution in [3.8, 4) is 0 Å². The number of imidazole rings is 1. The standard InChI is InChI=1S/C20H21N5O2/c1-13-3-5-14(6-4-13)11-25-8-7-16(20(25)27)23-19(26)15-9-17-18(21-10-15)24(2)12-22-17/h3-6,9-10,12,16H,7-8,11H2,1-2H3,(H,23,26)/t16-/m1/s1. The van der Waals surface area contributed by atoms with Crippen molar-refractivity contribution in [2.24, 2.45) is 7.05 Å². The second kappa shape index (κ2) is 6.83. The van der Waals surface area contributed by atoms with Gasteiger partial charge in [-0.1, -0.05) is 29.8 Å². The van der Waals surface area contributed by atoms with Crippen molar-refractivity contribution >= 4 is 23.0 Å². The zero-order chi connectivity index (χ0) is 19.0. The fraction of sp³-hybridized carbons (Fsp3) is 0.300. The molecule has 27 heavy (non-hydrogen) atoms. The summed E-state index contributed by atoms with van der Waals surface area (Å²) < 4.78 is 1.79. The molecule has 0 unspecified atom stereocenters. The lowest BCUT2D eigenvalue weighted by atomic mass is 10.1. The predicted octanol–water partition coefficient (Wildman–Crippen LogP) is 1.81. The van der Waals surface area contributed by atoms with Gasteiger partial charge >= 0.3 is 0 Å². The van der Waals surface area contributed by atoms with Crippen molar-refractivity contribution in [3.05, 3.63) is 59.5 Å². The summed E-state index contributed by atoms with van der Waals surface area (Å²) in [5.41, 5.74) is 4.06. The Labute approximate surface area is 157 Å². The highest BCUT2D eigenvalue weighted by Gasteiger charge is 2.32. The van der Waals surface area contributed by atoms with E-state index in [0.29, 0.717) is 36.2 Å². The number of carbonyl (C=O) groups is 2. The molecule has 7 nitrogen and oxygen atoms in total. The van der Waals surface area contributed by atoms with Crippen molar-refractivity contribution < 1.29 is 9.59 Å². The number of nitrogens with one attached hydrogen (secondary N) is 1. The van der Waals surface area contributed by atoms with E-state index < -0.39 is 6.04 Å². The van der Waals surface area contributed by atoms with E-state index in [1.165, 1.54) is 11.8 Å². The highest BCUT2D eigenvalue weighted by atomic mass is 16.2. The summed E-state index contributed by atoms with van der Waals surface area (Å²) >= 11 is 0. The molecule has 0 spiro atoms. The van der Waals surface area contributed by atoms with Crippen LogP contribution in [0.3, 0.4) is 0 Å². The Kier molecular flexibility index (Phi) is 4.35. The van der Waals surface area contributed by atoms with Gasteiger partial charge in [0.1, 0.15) is 11.6 Å². The van der Waals surface area contributed by atoms with Crippen LogP contribution in [0.15, 0.2) is 42.9 Å². The third kappa shape index (κ3) is 3.40. The van der Waals surface area contributed by atoms with Crippen LogP contribution < -0.4 is 5.32 Å². The number of aromatic nitrogens is 3.